The minimum atomic E-state index is 0.464. The summed E-state index contributed by atoms with van der Waals surface area (Å²) in [5.74, 6) is 1.09. The van der Waals surface area contributed by atoms with Crippen molar-refractivity contribution in [3.8, 4) is 17.6 Å². The third-order valence-electron chi connectivity index (χ3n) is 1.89. The molecule has 0 bridgehead atoms. The minimum Gasteiger partial charge on any atom is -0.491 e. The van der Waals surface area contributed by atoms with Gasteiger partial charge in [-0.25, -0.2) is 0 Å². The Hall–Kier alpha value is -1.66. The Kier molecular flexibility index (Phi) is 4.68. The molecule has 0 saturated heterocycles. The molecule has 0 N–H and O–H groups in total. The number of methoxy groups -OCH3 is 1. The first kappa shape index (κ1) is 12.4. The third kappa shape index (κ3) is 2.91. The van der Waals surface area contributed by atoms with Gasteiger partial charge in [0.2, 0.25) is 0 Å². The summed E-state index contributed by atoms with van der Waals surface area (Å²) in [6.45, 7) is 2.41. The van der Waals surface area contributed by atoms with E-state index in [-0.39, 0.29) is 0 Å². The van der Waals surface area contributed by atoms with E-state index in [9.17, 15) is 0 Å². The van der Waals surface area contributed by atoms with Crippen LogP contribution in [-0.2, 0) is 0 Å². The van der Waals surface area contributed by atoms with Crippen molar-refractivity contribution in [2.45, 2.75) is 6.92 Å². The van der Waals surface area contributed by atoms with Gasteiger partial charge >= 0.3 is 0 Å². The highest BCUT2D eigenvalue weighted by atomic mass is 35.5. The van der Waals surface area contributed by atoms with Gasteiger partial charge < -0.3 is 9.47 Å². The highest BCUT2D eigenvalue weighted by Crippen LogP contribution is 2.36. The Morgan fingerprint density at radius 3 is 2.81 bits per heavy atom. The lowest BCUT2D eigenvalue weighted by Gasteiger charge is -2.11. The zero-order valence-electron chi connectivity index (χ0n) is 9.16. The number of hydrogen-bond donors (Lipinski definition) is 0. The number of allylic oxidation sites excluding steroid dienone is 1. The molecule has 4 heteroatoms. The molecule has 1 aromatic carbocycles. The summed E-state index contributed by atoms with van der Waals surface area (Å²) in [7, 11) is 1.54. The van der Waals surface area contributed by atoms with E-state index >= 15 is 0 Å². The van der Waals surface area contributed by atoms with Gasteiger partial charge in [-0.15, -0.1) is 0 Å². The van der Waals surface area contributed by atoms with Gasteiger partial charge in [0.15, 0.2) is 11.5 Å². The highest BCUT2D eigenvalue weighted by molar-refractivity contribution is 6.32. The molecule has 1 aromatic rings. The number of hydrogen-bond acceptors (Lipinski definition) is 3. The topological polar surface area (TPSA) is 42.2 Å². The molecular weight excluding hydrogens is 226 g/mol. The molecule has 84 valence electrons. The fraction of sp³-hybridized carbons (Fsp3) is 0.250. The van der Waals surface area contributed by atoms with Crippen LogP contribution in [0.2, 0.25) is 5.02 Å². The van der Waals surface area contributed by atoms with Crippen molar-refractivity contribution >= 4 is 17.7 Å². The Morgan fingerprint density at radius 2 is 2.25 bits per heavy atom. The molecule has 0 aliphatic heterocycles. The van der Waals surface area contributed by atoms with Gasteiger partial charge in [0.25, 0.3) is 0 Å². The van der Waals surface area contributed by atoms with Gasteiger partial charge in [-0.1, -0.05) is 11.6 Å². The maximum Gasteiger partial charge on any atom is 0.179 e. The molecular formula is C12H12ClNO2. The van der Waals surface area contributed by atoms with Crippen molar-refractivity contribution in [1.29, 1.82) is 5.26 Å². The van der Waals surface area contributed by atoms with Gasteiger partial charge in [-0.3, -0.25) is 0 Å². The van der Waals surface area contributed by atoms with E-state index in [1.54, 1.807) is 18.2 Å². The Morgan fingerprint density at radius 1 is 1.50 bits per heavy atom. The molecule has 0 aromatic heterocycles. The fourth-order valence-corrected chi connectivity index (χ4v) is 1.57. The van der Waals surface area contributed by atoms with Crippen LogP contribution in [0, 0.1) is 11.3 Å². The fourth-order valence-electron chi connectivity index (χ4n) is 1.28. The molecule has 0 fully saturated rings. The SMILES string of the molecule is CCOc1cc(C=CC#N)cc(Cl)c1OC. The summed E-state index contributed by atoms with van der Waals surface area (Å²) in [5, 5.41) is 8.91. The molecule has 16 heavy (non-hydrogen) atoms. The van der Waals surface area contributed by atoms with Gasteiger partial charge in [0.1, 0.15) is 0 Å². The smallest absolute Gasteiger partial charge is 0.179 e. The lowest BCUT2D eigenvalue weighted by Crippen LogP contribution is -1.96. The van der Waals surface area contributed by atoms with E-state index in [1.807, 2.05) is 13.0 Å². The predicted octanol–water partition coefficient (Wildman–Crippen LogP) is 3.28. The van der Waals surface area contributed by atoms with Crippen LogP contribution in [0.4, 0.5) is 0 Å². The van der Waals surface area contributed by atoms with Crippen molar-refractivity contribution in [3.05, 3.63) is 28.8 Å². The number of ether oxygens (including phenoxy) is 2. The molecule has 0 spiro atoms. The number of nitrogens with zero attached hydrogens (tertiary/aromatic N) is 1. The molecule has 0 radical (unpaired) electrons. The van der Waals surface area contributed by atoms with E-state index in [2.05, 4.69) is 0 Å². The normalized spacial score (nSPS) is 10.1. The van der Waals surface area contributed by atoms with Gasteiger partial charge in [-0.2, -0.15) is 5.26 Å². The second kappa shape index (κ2) is 6.04. The van der Waals surface area contributed by atoms with Crippen molar-refractivity contribution in [2.24, 2.45) is 0 Å². The van der Waals surface area contributed by atoms with Crippen LogP contribution in [0.3, 0.4) is 0 Å². The van der Waals surface area contributed by atoms with Crippen LogP contribution in [0.25, 0.3) is 6.08 Å². The molecule has 0 saturated carbocycles. The third-order valence-corrected chi connectivity index (χ3v) is 2.17. The maximum absolute atomic E-state index is 8.44. The van der Waals surface area contributed by atoms with E-state index in [0.29, 0.717) is 23.1 Å². The summed E-state index contributed by atoms with van der Waals surface area (Å²) < 4.78 is 10.5. The molecule has 0 aliphatic rings. The van der Waals surface area contributed by atoms with E-state index < -0.39 is 0 Å². The lowest BCUT2D eigenvalue weighted by atomic mass is 10.2. The average molecular weight is 238 g/mol. The summed E-state index contributed by atoms with van der Waals surface area (Å²) in [4.78, 5) is 0. The Labute approximate surface area is 99.9 Å². The number of benzene rings is 1. The number of halogens is 1. The van der Waals surface area contributed by atoms with Crippen LogP contribution >= 0.6 is 11.6 Å². The average Bonchev–Trinajstić information content (AvgIpc) is 2.26. The molecule has 0 amide bonds. The summed E-state index contributed by atoms with van der Waals surface area (Å²) in [6.07, 6.45) is 3.04. The number of rotatable bonds is 4. The van der Waals surface area contributed by atoms with Crippen LogP contribution in [0.1, 0.15) is 12.5 Å². The van der Waals surface area contributed by atoms with Crippen LogP contribution in [0.15, 0.2) is 18.2 Å². The van der Waals surface area contributed by atoms with Crippen molar-refractivity contribution in [2.75, 3.05) is 13.7 Å². The summed E-state index contributed by atoms with van der Waals surface area (Å²) >= 11 is 6.03. The van der Waals surface area contributed by atoms with E-state index in [4.69, 9.17) is 26.3 Å². The largest absolute Gasteiger partial charge is 0.491 e. The van der Waals surface area contributed by atoms with Crippen LogP contribution in [-0.4, -0.2) is 13.7 Å². The van der Waals surface area contributed by atoms with Crippen LogP contribution in [0.5, 0.6) is 11.5 Å². The zero-order chi connectivity index (χ0) is 12.0. The Balaban J connectivity index is 3.17. The minimum absolute atomic E-state index is 0.464. The lowest BCUT2D eigenvalue weighted by molar-refractivity contribution is 0.311. The first-order chi connectivity index (χ1) is 7.72. The van der Waals surface area contributed by atoms with E-state index in [0.717, 1.165) is 5.56 Å². The van der Waals surface area contributed by atoms with Crippen molar-refractivity contribution in [1.82, 2.24) is 0 Å². The van der Waals surface area contributed by atoms with Gasteiger partial charge in [0, 0.05) is 6.08 Å². The highest BCUT2D eigenvalue weighted by Gasteiger charge is 2.10. The molecule has 0 unspecified atom stereocenters. The maximum atomic E-state index is 8.44. The quantitative estimate of drug-likeness (QED) is 0.755. The Bertz CT molecular complexity index is 435. The molecule has 0 heterocycles. The molecule has 3 nitrogen and oxygen atoms in total. The predicted molar refractivity (Wildman–Crippen MR) is 63.8 cm³/mol. The van der Waals surface area contributed by atoms with Gasteiger partial charge in [0.05, 0.1) is 24.8 Å². The summed E-state index contributed by atoms with van der Waals surface area (Å²) in [6, 6.07) is 5.42. The first-order valence-corrected chi connectivity index (χ1v) is 5.17. The molecule has 0 aliphatic carbocycles. The standard InChI is InChI=1S/C12H12ClNO2/c1-3-16-11-8-9(5-4-6-14)7-10(13)12(11)15-2/h4-5,7-8H,3H2,1-2H3. The van der Waals surface area contributed by atoms with Crippen LogP contribution < -0.4 is 9.47 Å². The van der Waals surface area contributed by atoms with Crippen molar-refractivity contribution in [3.63, 3.8) is 0 Å². The zero-order valence-corrected chi connectivity index (χ0v) is 9.91. The molecule has 0 atom stereocenters. The van der Waals surface area contributed by atoms with Crippen molar-refractivity contribution < 1.29 is 9.47 Å². The second-order valence-corrected chi connectivity index (χ2v) is 3.34. The van der Waals surface area contributed by atoms with Gasteiger partial charge in [-0.05, 0) is 30.7 Å². The summed E-state index contributed by atoms with van der Waals surface area (Å²) in [5.41, 5.74) is 0.802. The second-order valence-electron chi connectivity index (χ2n) is 2.93. The molecule has 1 rings (SSSR count). The number of nitriles is 1. The van der Waals surface area contributed by atoms with E-state index in [1.165, 1.54) is 13.2 Å². The first-order valence-electron chi connectivity index (χ1n) is 4.79. The monoisotopic (exact) mass is 237 g/mol.